The maximum Gasteiger partial charge on any atom is 0.190 e. The van der Waals surface area contributed by atoms with E-state index in [0.717, 1.165) is 31.9 Å². The van der Waals surface area contributed by atoms with Gasteiger partial charge in [-0.15, -0.1) is 22.7 Å². The summed E-state index contributed by atoms with van der Waals surface area (Å²) < 4.78 is 1.19. The highest BCUT2D eigenvalue weighted by Crippen LogP contribution is 2.21. The molecular formula is C14H18BrN3S2. The van der Waals surface area contributed by atoms with E-state index in [2.05, 4.69) is 61.2 Å². The molecule has 108 valence electrons. The third kappa shape index (κ3) is 5.26. The monoisotopic (exact) mass is 371 g/mol. The lowest BCUT2D eigenvalue weighted by atomic mass is 10.3. The van der Waals surface area contributed by atoms with Crippen LogP contribution >= 0.6 is 38.6 Å². The van der Waals surface area contributed by atoms with Gasteiger partial charge >= 0.3 is 0 Å². The molecule has 2 N–H and O–H groups in total. The number of thiophene rings is 2. The lowest BCUT2D eigenvalue weighted by molar-refractivity contribution is 0.791. The minimum atomic E-state index is 0.872. The van der Waals surface area contributed by atoms with Gasteiger partial charge in [0.15, 0.2) is 5.96 Å². The highest BCUT2D eigenvalue weighted by atomic mass is 79.9. The van der Waals surface area contributed by atoms with Gasteiger partial charge in [0, 0.05) is 29.9 Å². The maximum absolute atomic E-state index is 4.24. The Labute approximate surface area is 136 Å². The van der Waals surface area contributed by atoms with Crippen LogP contribution in [0.5, 0.6) is 0 Å². The molecule has 2 heterocycles. The molecule has 2 aromatic heterocycles. The Morgan fingerprint density at radius 2 is 1.90 bits per heavy atom. The van der Waals surface area contributed by atoms with Crippen LogP contribution in [0, 0.1) is 0 Å². The molecule has 2 rings (SSSR count). The summed E-state index contributed by atoms with van der Waals surface area (Å²) >= 11 is 7.06. The quantitative estimate of drug-likeness (QED) is 0.601. The van der Waals surface area contributed by atoms with Crippen LogP contribution in [-0.4, -0.2) is 26.1 Å². The number of halogens is 1. The Kier molecular flexibility index (Phi) is 6.56. The minimum Gasteiger partial charge on any atom is -0.356 e. The van der Waals surface area contributed by atoms with Crippen molar-refractivity contribution in [2.75, 3.05) is 20.1 Å². The molecule has 0 spiro atoms. The summed E-state index contributed by atoms with van der Waals surface area (Å²) in [6.07, 6.45) is 2.05. The molecule has 0 atom stereocenters. The molecule has 20 heavy (non-hydrogen) atoms. The summed E-state index contributed by atoms with van der Waals surface area (Å²) in [4.78, 5) is 7.01. The number of rotatable bonds is 6. The molecule has 0 aliphatic carbocycles. The van der Waals surface area contributed by atoms with Gasteiger partial charge in [0.1, 0.15) is 0 Å². The molecule has 2 aromatic rings. The van der Waals surface area contributed by atoms with E-state index >= 15 is 0 Å². The van der Waals surface area contributed by atoms with Gasteiger partial charge < -0.3 is 10.6 Å². The van der Waals surface area contributed by atoms with Crippen molar-refractivity contribution in [2.45, 2.75) is 12.8 Å². The first-order chi connectivity index (χ1) is 9.78. The predicted octanol–water partition coefficient (Wildman–Crippen LogP) is 3.52. The molecule has 0 fully saturated rings. The van der Waals surface area contributed by atoms with Crippen molar-refractivity contribution in [3.05, 3.63) is 43.2 Å². The van der Waals surface area contributed by atoms with Gasteiger partial charge in [-0.3, -0.25) is 4.99 Å². The van der Waals surface area contributed by atoms with E-state index in [9.17, 15) is 0 Å². The number of hydrogen-bond acceptors (Lipinski definition) is 3. The highest BCUT2D eigenvalue weighted by Gasteiger charge is 2.00. The van der Waals surface area contributed by atoms with Crippen molar-refractivity contribution in [1.82, 2.24) is 10.6 Å². The smallest absolute Gasteiger partial charge is 0.190 e. The van der Waals surface area contributed by atoms with Crippen LogP contribution in [-0.2, 0) is 12.8 Å². The molecule has 0 unspecified atom stereocenters. The fourth-order valence-electron chi connectivity index (χ4n) is 1.77. The van der Waals surface area contributed by atoms with E-state index in [0.29, 0.717) is 0 Å². The Morgan fingerprint density at radius 1 is 1.15 bits per heavy atom. The van der Waals surface area contributed by atoms with Gasteiger partial charge in [-0.25, -0.2) is 0 Å². The summed E-state index contributed by atoms with van der Waals surface area (Å²) in [5.74, 6) is 0.872. The lowest BCUT2D eigenvalue weighted by Crippen LogP contribution is -2.39. The molecule has 0 aliphatic heterocycles. The average Bonchev–Trinajstić information content (AvgIpc) is 3.09. The summed E-state index contributed by atoms with van der Waals surface area (Å²) in [6.45, 7) is 1.80. The van der Waals surface area contributed by atoms with Crippen LogP contribution in [0.1, 0.15) is 9.75 Å². The van der Waals surface area contributed by atoms with E-state index in [1.165, 1.54) is 13.5 Å². The van der Waals surface area contributed by atoms with Crippen LogP contribution in [0.2, 0.25) is 0 Å². The van der Waals surface area contributed by atoms with E-state index < -0.39 is 0 Å². The molecule has 0 radical (unpaired) electrons. The first kappa shape index (κ1) is 15.5. The second-order valence-corrected chi connectivity index (χ2v) is 7.79. The first-order valence-electron chi connectivity index (χ1n) is 6.49. The molecule has 6 heteroatoms. The first-order valence-corrected chi connectivity index (χ1v) is 8.98. The fourth-order valence-corrected chi connectivity index (χ4v) is 3.96. The van der Waals surface area contributed by atoms with Crippen LogP contribution in [0.15, 0.2) is 38.4 Å². The van der Waals surface area contributed by atoms with E-state index in [1.54, 1.807) is 22.7 Å². The zero-order valence-electron chi connectivity index (χ0n) is 11.4. The summed E-state index contributed by atoms with van der Waals surface area (Å²) in [5, 5.41) is 8.79. The van der Waals surface area contributed by atoms with Crippen LogP contribution in [0.25, 0.3) is 0 Å². The predicted molar refractivity (Wildman–Crippen MR) is 93.1 cm³/mol. The second kappa shape index (κ2) is 8.44. The molecule has 3 nitrogen and oxygen atoms in total. The van der Waals surface area contributed by atoms with Gasteiger partial charge in [-0.1, -0.05) is 6.07 Å². The van der Waals surface area contributed by atoms with E-state index in [4.69, 9.17) is 0 Å². The topological polar surface area (TPSA) is 36.4 Å². The van der Waals surface area contributed by atoms with Gasteiger partial charge in [0.25, 0.3) is 0 Å². The third-order valence-electron chi connectivity index (χ3n) is 2.76. The van der Waals surface area contributed by atoms with Gasteiger partial charge in [0.05, 0.1) is 3.79 Å². The minimum absolute atomic E-state index is 0.872. The van der Waals surface area contributed by atoms with Gasteiger partial charge in [0.2, 0.25) is 0 Å². The molecule has 0 bridgehead atoms. The van der Waals surface area contributed by atoms with Crippen molar-refractivity contribution in [1.29, 1.82) is 0 Å². The van der Waals surface area contributed by atoms with Crippen molar-refractivity contribution in [2.24, 2.45) is 4.99 Å². The SMILES string of the molecule is CN=C(NCCc1cccs1)NCCc1ccc(Br)s1. The van der Waals surface area contributed by atoms with Crippen molar-refractivity contribution in [3.63, 3.8) is 0 Å². The fraction of sp³-hybridized carbons (Fsp3) is 0.357. The third-order valence-corrected chi connectivity index (χ3v) is 5.38. The normalized spacial score (nSPS) is 11.6. The van der Waals surface area contributed by atoms with E-state index in [1.807, 2.05) is 7.05 Å². The number of nitrogens with zero attached hydrogens (tertiary/aromatic N) is 1. The summed E-state index contributed by atoms with van der Waals surface area (Å²) in [7, 11) is 1.81. The number of nitrogens with one attached hydrogen (secondary N) is 2. The second-order valence-electron chi connectivity index (χ2n) is 4.21. The Hall–Kier alpha value is -0.850. The molecule has 0 aliphatic rings. The molecule has 0 aromatic carbocycles. The lowest BCUT2D eigenvalue weighted by Gasteiger charge is -2.10. The maximum atomic E-state index is 4.24. The van der Waals surface area contributed by atoms with Crippen LogP contribution in [0.3, 0.4) is 0 Å². The molecular weight excluding hydrogens is 354 g/mol. The number of guanidine groups is 1. The number of aliphatic imine (C=N–C) groups is 1. The zero-order chi connectivity index (χ0) is 14.2. The Bertz CT molecular complexity index is 534. The summed E-state index contributed by atoms with van der Waals surface area (Å²) in [6, 6.07) is 8.50. The van der Waals surface area contributed by atoms with Gasteiger partial charge in [-0.2, -0.15) is 0 Å². The molecule has 0 amide bonds. The molecule has 0 saturated carbocycles. The number of hydrogen-bond donors (Lipinski definition) is 2. The van der Waals surface area contributed by atoms with Crippen molar-refractivity contribution >= 4 is 44.6 Å². The van der Waals surface area contributed by atoms with Crippen LogP contribution in [0.4, 0.5) is 0 Å². The van der Waals surface area contributed by atoms with Crippen molar-refractivity contribution < 1.29 is 0 Å². The molecule has 0 saturated heterocycles. The Balaban J connectivity index is 1.65. The van der Waals surface area contributed by atoms with E-state index in [-0.39, 0.29) is 0 Å². The standard InChI is InChI=1S/C14H18BrN3S2/c1-16-14(17-8-6-11-3-2-10-19-11)18-9-7-12-4-5-13(15)20-12/h2-5,10H,6-9H2,1H3,(H2,16,17,18). The average molecular weight is 372 g/mol. The zero-order valence-corrected chi connectivity index (χ0v) is 14.6. The largest absolute Gasteiger partial charge is 0.356 e. The summed E-state index contributed by atoms with van der Waals surface area (Å²) in [5.41, 5.74) is 0. The highest BCUT2D eigenvalue weighted by molar-refractivity contribution is 9.11. The van der Waals surface area contributed by atoms with Gasteiger partial charge in [-0.05, 0) is 52.4 Å². The van der Waals surface area contributed by atoms with Crippen molar-refractivity contribution in [3.8, 4) is 0 Å². The Morgan fingerprint density at radius 3 is 2.45 bits per heavy atom. The van der Waals surface area contributed by atoms with Crippen LogP contribution < -0.4 is 10.6 Å².